The highest BCUT2D eigenvalue weighted by atomic mass is 16.5. The number of hydrogen-bond donors (Lipinski definition) is 1. The molecule has 0 aliphatic carbocycles. The van der Waals surface area contributed by atoms with Crippen LogP contribution in [-0.2, 0) is 0 Å². The average molecular weight is 228 g/mol. The molecule has 0 aromatic heterocycles. The van der Waals surface area contributed by atoms with Crippen LogP contribution in [0.5, 0.6) is 5.75 Å². The van der Waals surface area contributed by atoms with Crippen LogP contribution in [0.4, 0.5) is 0 Å². The van der Waals surface area contributed by atoms with Gasteiger partial charge in [0.25, 0.3) is 0 Å². The number of nitrogens with two attached hydrogens (primary N) is 1. The van der Waals surface area contributed by atoms with Crippen molar-refractivity contribution >= 4 is 17.0 Å². The second kappa shape index (κ2) is 5.34. The van der Waals surface area contributed by atoms with E-state index in [9.17, 15) is 0 Å². The molecule has 0 spiro atoms. The minimum Gasteiger partial charge on any atom is -0.493 e. The standard InChI is InChI=1S/C14H16N2O/c1-2-9-17-14-8-7-11-5-3-4-6-12(11)13(14)10-16-15/h3-8,10H,2,9,15H2,1H3/b16-10-. The Hall–Kier alpha value is -2.03. The van der Waals surface area contributed by atoms with Crippen LogP contribution in [0, 0.1) is 0 Å². The van der Waals surface area contributed by atoms with Gasteiger partial charge in [0.1, 0.15) is 5.75 Å². The molecule has 2 aromatic carbocycles. The first kappa shape index (κ1) is 11.5. The van der Waals surface area contributed by atoms with Gasteiger partial charge in [0.2, 0.25) is 0 Å². The van der Waals surface area contributed by atoms with Crippen LogP contribution >= 0.6 is 0 Å². The topological polar surface area (TPSA) is 47.6 Å². The zero-order chi connectivity index (χ0) is 12.1. The molecule has 0 bridgehead atoms. The fourth-order valence-electron chi connectivity index (χ4n) is 1.82. The number of fused-ring (bicyclic) bond motifs is 1. The van der Waals surface area contributed by atoms with Gasteiger partial charge in [0, 0.05) is 5.56 Å². The maximum Gasteiger partial charge on any atom is 0.128 e. The first-order valence-corrected chi connectivity index (χ1v) is 5.74. The van der Waals surface area contributed by atoms with Crippen LogP contribution < -0.4 is 10.6 Å². The van der Waals surface area contributed by atoms with E-state index in [1.165, 1.54) is 0 Å². The molecule has 2 aromatic rings. The highest BCUT2D eigenvalue weighted by Crippen LogP contribution is 2.26. The molecule has 3 nitrogen and oxygen atoms in total. The first-order valence-electron chi connectivity index (χ1n) is 5.74. The Labute approximate surface area is 101 Å². The Bertz CT molecular complexity index is 535. The van der Waals surface area contributed by atoms with Gasteiger partial charge in [-0.25, -0.2) is 0 Å². The number of ether oxygens (including phenoxy) is 1. The number of nitrogens with zero attached hydrogens (tertiary/aromatic N) is 1. The van der Waals surface area contributed by atoms with E-state index in [0.717, 1.165) is 28.5 Å². The lowest BCUT2D eigenvalue weighted by Gasteiger charge is -2.10. The summed E-state index contributed by atoms with van der Waals surface area (Å²) in [5.74, 6) is 6.10. The summed E-state index contributed by atoms with van der Waals surface area (Å²) >= 11 is 0. The molecule has 3 heteroatoms. The summed E-state index contributed by atoms with van der Waals surface area (Å²) in [5, 5.41) is 5.89. The van der Waals surface area contributed by atoms with E-state index < -0.39 is 0 Å². The van der Waals surface area contributed by atoms with Crippen molar-refractivity contribution in [2.75, 3.05) is 6.61 Å². The van der Waals surface area contributed by atoms with Crippen LogP contribution in [-0.4, -0.2) is 12.8 Å². The smallest absolute Gasteiger partial charge is 0.128 e. The fourth-order valence-corrected chi connectivity index (χ4v) is 1.82. The predicted molar refractivity (Wildman–Crippen MR) is 71.5 cm³/mol. The molecule has 88 valence electrons. The highest BCUT2D eigenvalue weighted by molar-refractivity contribution is 6.02. The van der Waals surface area contributed by atoms with Crippen molar-refractivity contribution in [3.8, 4) is 5.75 Å². The quantitative estimate of drug-likeness (QED) is 0.497. The van der Waals surface area contributed by atoms with E-state index in [0.29, 0.717) is 6.61 Å². The summed E-state index contributed by atoms with van der Waals surface area (Å²) in [4.78, 5) is 0. The lowest BCUT2D eigenvalue weighted by molar-refractivity contribution is 0.317. The molecule has 0 amide bonds. The molecule has 2 rings (SSSR count). The van der Waals surface area contributed by atoms with Crippen molar-refractivity contribution in [2.45, 2.75) is 13.3 Å². The van der Waals surface area contributed by atoms with Gasteiger partial charge >= 0.3 is 0 Å². The predicted octanol–water partition coefficient (Wildman–Crippen LogP) is 2.92. The van der Waals surface area contributed by atoms with Gasteiger partial charge in [0.15, 0.2) is 0 Å². The van der Waals surface area contributed by atoms with Gasteiger partial charge in [-0.2, -0.15) is 5.10 Å². The highest BCUT2D eigenvalue weighted by Gasteiger charge is 2.06. The summed E-state index contributed by atoms with van der Waals surface area (Å²) in [6, 6.07) is 12.1. The average Bonchev–Trinajstić information content (AvgIpc) is 2.38. The molecule has 0 aliphatic rings. The second-order valence-electron chi connectivity index (χ2n) is 3.83. The van der Waals surface area contributed by atoms with E-state index in [-0.39, 0.29) is 0 Å². The van der Waals surface area contributed by atoms with Crippen molar-refractivity contribution < 1.29 is 4.74 Å². The summed E-state index contributed by atoms with van der Waals surface area (Å²) in [7, 11) is 0. The Kier molecular flexibility index (Phi) is 3.60. The third-order valence-electron chi connectivity index (χ3n) is 2.60. The fraction of sp³-hybridized carbons (Fsp3) is 0.214. The van der Waals surface area contributed by atoms with Crippen molar-refractivity contribution in [1.29, 1.82) is 0 Å². The minimum absolute atomic E-state index is 0.698. The van der Waals surface area contributed by atoms with Crippen LogP contribution in [0.2, 0.25) is 0 Å². The SMILES string of the molecule is CCCOc1ccc2ccccc2c1/C=N\N. The number of hydrogen-bond acceptors (Lipinski definition) is 3. The van der Waals surface area contributed by atoms with Crippen LogP contribution in [0.25, 0.3) is 10.8 Å². The van der Waals surface area contributed by atoms with Crippen molar-refractivity contribution in [1.82, 2.24) is 0 Å². The normalized spacial score (nSPS) is 11.1. The molecule has 17 heavy (non-hydrogen) atoms. The van der Waals surface area contributed by atoms with Crippen molar-refractivity contribution in [3.63, 3.8) is 0 Å². The van der Waals surface area contributed by atoms with E-state index in [1.54, 1.807) is 6.21 Å². The van der Waals surface area contributed by atoms with E-state index in [1.807, 2.05) is 30.3 Å². The monoisotopic (exact) mass is 228 g/mol. The molecule has 0 aliphatic heterocycles. The Balaban J connectivity index is 2.55. The van der Waals surface area contributed by atoms with Crippen LogP contribution in [0.1, 0.15) is 18.9 Å². The Morgan fingerprint density at radius 2 is 2.06 bits per heavy atom. The molecule has 0 atom stereocenters. The molecular weight excluding hydrogens is 212 g/mol. The summed E-state index contributed by atoms with van der Waals surface area (Å²) < 4.78 is 5.70. The Morgan fingerprint density at radius 1 is 1.24 bits per heavy atom. The molecular formula is C14H16N2O. The lowest BCUT2D eigenvalue weighted by atomic mass is 10.0. The number of benzene rings is 2. The molecule has 0 fully saturated rings. The first-order chi connectivity index (χ1) is 8.36. The summed E-state index contributed by atoms with van der Waals surface area (Å²) in [6.07, 6.45) is 2.62. The van der Waals surface area contributed by atoms with Gasteiger partial charge in [-0.1, -0.05) is 37.3 Å². The van der Waals surface area contributed by atoms with Gasteiger partial charge in [-0.3, -0.25) is 0 Å². The van der Waals surface area contributed by atoms with Crippen LogP contribution in [0.3, 0.4) is 0 Å². The largest absolute Gasteiger partial charge is 0.493 e. The van der Waals surface area contributed by atoms with E-state index in [4.69, 9.17) is 10.6 Å². The third kappa shape index (κ3) is 2.38. The van der Waals surface area contributed by atoms with E-state index in [2.05, 4.69) is 18.1 Å². The van der Waals surface area contributed by atoms with E-state index >= 15 is 0 Å². The summed E-state index contributed by atoms with van der Waals surface area (Å²) in [6.45, 7) is 2.78. The van der Waals surface area contributed by atoms with Crippen LogP contribution in [0.15, 0.2) is 41.5 Å². The zero-order valence-corrected chi connectivity index (χ0v) is 9.89. The molecule has 0 unspecified atom stereocenters. The molecule has 2 N–H and O–H groups in total. The maximum absolute atomic E-state index is 5.70. The molecule has 0 saturated carbocycles. The van der Waals surface area contributed by atoms with Gasteiger partial charge in [0.05, 0.1) is 12.8 Å². The molecule has 0 radical (unpaired) electrons. The van der Waals surface area contributed by atoms with Gasteiger partial charge < -0.3 is 10.6 Å². The maximum atomic E-state index is 5.70. The second-order valence-corrected chi connectivity index (χ2v) is 3.83. The van der Waals surface area contributed by atoms with Crippen molar-refractivity contribution in [2.24, 2.45) is 10.9 Å². The molecule has 0 saturated heterocycles. The van der Waals surface area contributed by atoms with Gasteiger partial charge in [-0.05, 0) is 23.3 Å². The molecule has 0 heterocycles. The third-order valence-corrected chi connectivity index (χ3v) is 2.60. The Morgan fingerprint density at radius 3 is 2.82 bits per heavy atom. The number of rotatable bonds is 4. The number of hydrazone groups is 1. The summed E-state index contributed by atoms with van der Waals surface area (Å²) in [5.41, 5.74) is 0.944. The zero-order valence-electron chi connectivity index (χ0n) is 9.89. The lowest BCUT2D eigenvalue weighted by Crippen LogP contribution is -2.00. The van der Waals surface area contributed by atoms with Crippen molar-refractivity contribution in [3.05, 3.63) is 42.0 Å². The minimum atomic E-state index is 0.698. The van der Waals surface area contributed by atoms with Gasteiger partial charge in [-0.15, -0.1) is 0 Å².